The number of methoxy groups -OCH3 is 2. The zero-order valence-corrected chi connectivity index (χ0v) is 21.4. The molecule has 0 amide bonds. The molecule has 1 N–H and O–H groups in total. The van der Waals surface area contributed by atoms with E-state index < -0.39 is 11.9 Å². The first kappa shape index (κ1) is 24.9. The largest absolute Gasteiger partial charge is 0.493 e. The lowest BCUT2D eigenvalue weighted by atomic mass is 9.68. The topological polar surface area (TPSA) is 73.9 Å². The van der Waals surface area contributed by atoms with Crippen molar-refractivity contribution in [3.63, 3.8) is 0 Å². The summed E-state index contributed by atoms with van der Waals surface area (Å²) in [6.07, 6.45) is 1.13. The average Bonchev–Trinajstić information content (AvgIpc) is 2.81. The van der Waals surface area contributed by atoms with Gasteiger partial charge in [0, 0.05) is 39.9 Å². The number of nitrogens with one attached hydrogen (secondary N) is 1. The number of Topliss-reactive ketones (excluding diaryl/α,β-unsaturated/α-hetero) is 1. The predicted molar refractivity (Wildman–Crippen MR) is 134 cm³/mol. The Hall–Kier alpha value is -3.25. The SMILES string of the molecule is COC(=O)C1=C(C)NC2=C(C(=O)CC(C)(C)C2)[C@H]1c1ccc(OCc2ccccc2Cl)c(OC)c1. The van der Waals surface area contributed by atoms with Crippen molar-refractivity contribution in [1.82, 2.24) is 5.32 Å². The van der Waals surface area contributed by atoms with Crippen molar-refractivity contribution < 1.29 is 23.8 Å². The van der Waals surface area contributed by atoms with Gasteiger partial charge in [-0.05, 0) is 42.5 Å². The number of hydrogen-bond acceptors (Lipinski definition) is 6. The van der Waals surface area contributed by atoms with E-state index in [1.807, 2.05) is 43.3 Å². The molecule has 4 rings (SSSR count). The van der Waals surface area contributed by atoms with E-state index in [9.17, 15) is 9.59 Å². The molecule has 0 fully saturated rings. The highest BCUT2D eigenvalue weighted by Gasteiger charge is 2.43. The highest BCUT2D eigenvalue weighted by molar-refractivity contribution is 6.31. The monoisotopic (exact) mass is 495 g/mol. The molecule has 0 aromatic heterocycles. The van der Waals surface area contributed by atoms with Crippen LogP contribution < -0.4 is 14.8 Å². The summed E-state index contributed by atoms with van der Waals surface area (Å²) < 4.78 is 16.7. The van der Waals surface area contributed by atoms with Crippen LogP contribution in [0.5, 0.6) is 11.5 Å². The lowest BCUT2D eigenvalue weighted by Crippen LogP contribution is -2.38. The fourth-order valence-corrected chi connectivity index (χ4v) is 5.09. The molecule has 0 bridgehead atoms. The van der Waals surface area contributed by atoms with Gasteiger partial charge < -0.3 is 19.5 Å². The van der Waals surface area contributed by atoms with Crippen LogP contribution in [-0.4, -0.2) is 26.0 Å². The number of esters is 1. The molecule has 35 heavy (non-hydrogen) atoms. The third-order valence-electron chi connectivity index (χ3n) is 6.51. The molecule has 0 unspecified atom stereocenters. The van der Waals surface area contributed by atoms with Gasteiger partial charge >= 0.3 is 5.97 Å². The molecule has 0 saturated carbocycles. The van der Waals surface area contributed by atoms with Gasteiger partial charge in [-0.1, -0.05) is 49.7 Å². The third kappa shape index (κ3) is 4.94. The number of halogens is 1. The van der Waals surface area contributed by atoms with Gasteiger partial charge in [-0.25, -0.2) is 4.79 Å². The first-order valence-corrected chi connectivity index (χ1v) is 11.9. The lowest BCUT2D eigenvalue weighted by molar-refractivity contribution is -0.136. The van der Waals surface area contributed by atoms with Gasteiger partial charge in [0.25, 0.3) is 0 Å². The fraction of sp³-hybridized carbons (Fsp3) is 0.357. The first-order valence-electron chi connectivity index (χ1n) is 11.5. The van der Waals surface area contributed by atoms with E-state index in [4.69, 9.17) is 25.8 Å². The molecule has 1 aliphatic carbocycles. The van der Waals surface area contributed by atoms with Crippen molar-refractivity contribution in [3.8, 4) is 11.5 Å². The zero-order valence-electron chi connectivity index (χ0n) is 20.7. The minimum Gasteiger partial charge on any atom is -0.493 e. The number of hydrogen-bond donors (Lipinski definition) is 1. The Bertz CT molecular complexity index is 1240. The van der Waals surface area contributed by atoms with Gasteiger partial charge in [-0.15, -0.1) is 0 Å². The van der Waals surface area contributed by atoms with Crippen LogP contribution >= 0.6 is 11.6 Å². The van der Waals surface area contributed by atoms with E-state index in [-0.39, 0.29) is 17.8 Å². The second-order valence-corrected chi connectivity index (χ2v) is 10.1. The van der Waals surface area contributed by atoms with Crippen LogP contribution in [0.25, 0.3) is 0 Å². The third-order valence-corrected chi connectivity index (χ3v) is 6.88. The van der Waals surface area contributed by atoms with Gasteiger partial charge in [-0.3, -0.25) is 4.79 Å². The molecule has 0 saturated heterocycles. The van der Waals surface area contributed by atoms with Crippen LogP contribution in [-0.2, 0) is 20.9 Å². The summed E-state index contributed by atoms with van der Waals surface area (Å²) >= 11 is 6.26. The van der Waals surface area contributed by atoms with Crippen LogP contribution in [0.1, 0.15) is 50.7 Å². The normalized spacial score (nSPS) is 19.1. The second-order valence-electron chi connectivity index (χ2n) is 9.71. The second kappa shape index (κ2) is 9.78. The number of carbonyl (C=O) groups is 2. The van der Waals surface area contributed by atoms with E-state index in [0.717, 1.165) is 16.8 Å². The van der Waals surface area contributed by atoms with E-state index in [0.29, 0.717) is 46.2 Å². The minimum absolute atomic E-state index is 0.0284. The van der Waals surface area contributed by atoms with E-state index >= 15 is 0 Å². The molecule has 1 heterocycles. The van der Waals surface area contributed by atoms with Crippen LogP contribution in [0.3, 0.4) is 0 Å². The number of allylic oxidation sites excluding steroid dienone is 3. The molecule has 1 aliphatic heterocycles. The summed E-state index contributed by atoms with van der Waals surface area (Å²) in [4.78, 5) is 26.2. The van der Waals surface area contributed by atoms with Gasteiger partial charge in [0.1, 0.15) is 6.61 Å². The Kier molecular flexibility index (Phi) is 6.95. The highest BCUT2D eigenvalue weighted by Crippen LogP contribution is 2.47. The van der Waals surface area contributed by atoms with Gasteiger partial charge in [0.15, 0.2) is 17.3 Å². The van der Waals surface area contributed by atoms with Crippen molar-refractivity contribution in [2.24, 2.45) is 5.41 Å². The summed E-state index contributed by atoms with van der Waals surface area (Å²) in [5.74, 6) is 0.0353. The fourth-order valence-electron chi connectivity index (χ4n) is 4.90. The Balaban J connectivity index is 1.75. The maximum absolute atomic E-state index is 13.4. The zero-order chi connectivity index (χ0) is 25.3. The highest BCUT2D eigenvalue weighted by atomic mass is 35.5. The van der Waals surface area contributed by atoms with Crippen molar-refractivity contribution >= 4 is 23.4 Å². The first-order chi connectivity index (χ1) is 16.6. The quantitative estimate of drug-likeness (QED) is 0.518. The maximum Gasteiger partial charge on any atom is 0.336 e. The summed E-state index contributed by atoms with van der Waals surface area (Å²) in [6.45, 7) is 6.27. The number of ketones is 1. The van der Waals surface area contributed by atoms with Crippen LogP contribution in [0, 0.1) is 5.41 Å². The number of carbonyl (C=O) groups excluding carboxylic acids is 2. The Morgan fingerprint density at radius 3 is 2.54 bits per heavy atom. The van der Waals surface area contributed by atoms with Crippen LogP contribution in [0.15, 0.2) is 65.0 Å². The van der Waals surface area contributed by atoms with Crippen molar-refractivity contribution in [3.05, 3.63) is 81.2 Å². The number of benzene rings is 2. The summed E-state index contributed by atoms with van der Waals surface area (Å²) in [6, 6.07) is 13.0. The average molecular weight is 496 g/mol. The molecular weight excluding hydrogens is 466 g/mol. The molecule has 0 spiro atoms. The molecule has 2 aromatic carbocycles. The smallest absolute Gasteiger partial charge is 0.336 e. The molecule has 0 radical (unpaired) electrons. The van der Waals surface area contributed by atoms with Gasteiger partial charge in [0.05, 0.1) is 19.8 Å². The predicted octanol–water partition coefficient (Wildman–Crippen LogP) is 5.70. The van der Waals surface area contributed by atoms with Crippen molar-refractivity contribution in [2.75, 3.05) is 14.2 Å². The number of rotatable bonds is 6. The summed E-state index contributed by atoms with van der Waals surface area (Å²) in [5.41, 5.74) is 4.03. The molecule has 2 aliphatic rings. The summed E-state index contributed by atoms with van der Waals surface area (Å²) in [7, 11) is 2.91. The standard InChI is InChI=1S/C28H30ClNO5/c1-16-24(27(32)34-5)25(26-20(30-16)13-28(2,3)14-21(26)31)17-10-11-22(23(12-17)33-4)35-15-18-8-6-7-9-19(18)29/h6-12,25,30H,13-15H2,1-5H3/t25-/m0/s1. The Labute approximate surface area is 210 Å². The molecular formula is C28H30ClNO5. The van der Waals surface area contributed by atoms with Gasteiger partial charge in [0.2, 0.25) is 0 Å². The molecule has 6 nitrogen and oxygen atoms in total. The Morgan fingerprint density at radius 1 is 1.11 bits per heavy atom. The number of ether oxygens (including phenoxy) is 3. The van der Waals surface area contributed by atoms with Crippen molar-refractivity contribution in [2.45, 2.75) is 46.1 Å². The summed E-state index contributed by atoms with van der Waals surface area (Å²) in [5, 5.41) is 3.95. The molecule has 184 valence electrons. The van der Waals surface area contributed by atoms with Crippen LogP contribution in [0.2, 0.25) is 5.02 Å². The number of dihydropyridines is 1. The van der Waals surface area contributed by atoms with Gasteiger partial charge in [-0.2, -0.15) is 0 Å². The maximum atomic E-state index is 13.4. The lowest BCUT2D eigenvalue weighted by Gasteiger charge is -2.39. The molecule has 1 atom stereocenters. The minimum atomic E-state index is -0.561. The van der Waals surface area contributed by atoms with E-state index in [1.54, 1.807) is 13.2 Å². The van der Waals surface area contributed by atoms with Crippen LogP contribution in [0.4, 0.5) is 0 Å². The van der Waals surface area contributed by atoms with Crippen molar-refractivity contribution in [1.29, 1.82) is 0 Å². The Morgan fingerprint density at radius 2 is 1.86 bits per heavy atom. The molecule has 2 aromatic rings. The van der Waals surface area contributed by atoms with E-state index in [2.05, 4.69) is 19.2 Å². The molecule has 7 heteroatoms. The van der Waals surface area contributed by atoms with E-state index in [1.165, 1.54) is 7.11 Å².